The molecule has 2 heterocycles. The Balaban J connectivity index is 1.80. The quantitative estimate of drug-likeness (QED) is 0.753. The zero-order valence-corrected chi connectivity index (χ0v) is 10.0. The molecule has 0 atom stereocenters. The van der Waals surface area contributed by atoms with Crippen LogP contribution in [0.15, 0.2) is 10.9 Å². The molecule has 0 aromatic carbocycles. The van der Waals surface area contributed by atoms with Gasteiger partial charge in [0.05, 0.1) is 0 Å². The summed E-state index contributed by atoms with van der Waals surface area (Å²) in [5.41, 5.74) is 0. The van der Waals surface area contributed by atoms with Crippen molar-refractivity contribution in [1.82, 2.24) is 30.6 Å². The van der Waals surface area contributed by atoms with Gasteiger partial charge in [-0.15, -0.1) is 5.10 Å². The standard InChI is InChI=1S/C10H14N6O2/c1-2-3-8-13-9(15-14-8)10(17)11-5-4-7-12-6-18-16-7/h6H,2-5H2,1H3,(H,11,17)(H,13,14,15). The Morgan fingerprint density at radius 1 is 1.50 bits per heavy atom. The topological polar surface area (TPSA) is 110 Å². The number of nitrogens with zero attached hydrogens (tertiary/aromatic N) is 4. The molecule has 96 valence electrons. The van der Waals surface area contributed by atoms with Crippen LogP contribution >= 0.6 is 0 Å². The fourth-order valence-electron chi connectivity index (χ4n) is 1.41. The van der Waals surface area contributed by atoms with E-state index < -0.39 is 0 Å². The zero-order valence-electron chi connectivity index (χ0n) is 10.0. The number of hydrogen-bond acceptors (Lipinski definition) is 6. The van der Waals surface area contributed by atoms with Crippen LogP contribution in [-0.2, 0) is 12.8 Å². The van der Waals surface area contributed by atoms with Crippen LogP contribution in [0.1, 0.15) is 35.6 Å². The van der Waals surface area contributed by atoms with Crippen molar-refractivity contribution in [2.75, 3.05) is 6.54 Å². The predicted octanol–water partition coefficient (Wildman–Crippen LogP) is 0.113. The summed E-state index contributed by atoms with van der Waals surface area (Å²) >= 11 is 0. The minimum Gasteiger partial charge on any atom is -0.349 e. The Labute approximate surface area is 103 Å². The number of carbonyl (C=O) groups is 1. The van der Waals surface area contributed by atoms with Crippen molar-refractivity contribution < 1.29 is 9.32 Å². The average molecular weight is 250 g/mol. The van der Waals surface area contributed by atoms with Crippen molar-refractivity contribution in [3.05, 3.63) is 23.9 Å². The van der Waals surface area contributed by atoms with Gasteiger partial charge in [0.2, 0.25) is 12.2 Å². The van der Waals surface area contributed by atoms with Crippen LogP contribution in [0.25, 0.3) is 0 Å². The number of aromatic nitrogens is 5. The van der Waals surface area contributed by atoms with Gasteiger partial charge in [-0.3, -0.25) is 9.89 Å². The number of hydrogen-bond donors (Lipinski definition) is 2. The van der Waals surface area contributed by atoms with Gasteiger partial charge in [-0.25, -0.2) is 4.98 Å². The number of aromatic amines is 1. The summed E-state index contributed by atoms with van der Waals surface area (Å²) in [5.74, 6) is 1.13. The van der Waals surface area contributed by atoms with Gasteiger partial charge in [0.15, 0.2) is 5.82 Å². The van der Waals surface area contributed by atoms with E-state index in [9.17, 15) is 4.79 Å². The van der Waals surface area contributed by atoms with Gasteiger partial charge >= 0.3 is 0 Å². The molecule has 0 aliphatic carbocycles. The highest BCUT2D eigenvalue weighted by atomic mass is 16.5. The maximum atomic E-state index is 11.7. The van der Waals surface area contributed by atoms with Gasteiger partial charge in [-0.1, -0.05) is 12.1 Å². The average Bonchev–Trinajstić information content (AvgIpc) is 3.00. The monoisotopic (exact) mass is 250 g/mol. The van der Waals surface area contributed by atoms with E-state index in [1.807, 2.05) is 6.92 Å². The number of amides is 1. The normalized spacial score (nSPS) is 10.5. The molecule has 0 spiro atoms. The van der Waals surface area contributed by atoms with Gasteiger partial charge in [0.25, 0.3) is 5.91 Å². The van der Waals surface area contributed by atoms with Crippen LogP contribution in [-0.4, -0.2) is 37.8 Å². The van der Waals surface area contributed by atoms with E-state index in [1.54, 1.807) is 0 Å². The molecule has 18 heavy (non-hydrogen) atoms. The van der Waals surface area contributed by atoms with E-state index >= 15 is 0 Å². The van der Waals surface area contributed by atoms with E-state index in [-0.39, 0.29) is 11.7 Å². The van der Waals surface area contributed by atoms with E-state index in [1.165, 1.54) is 6.39 Å². The molecule has 0 aliphatic rings. The van der Waals surface area contributed by atoms with Gasteiger partial charge < -0.3 is 9.84 Å². The third kappa shape index (κ3) is 3.12. The number of carbonyl (C=O) groups excluding carboxylic acids is 1. The van der Waals surface area contributed by atoms with E-state index in [0.29, 0.717) is 18.8 Å². The number of aryl methyl sites for hydroxylation is 1. The third-order valence-electron chi connectivity index (χ3n) is 2.26. The van der Waals surface area contributed by atoms with Gasteiger partial charge in [0.1, 0.15) is 5.82 Å². The molecule has 2 aromatic heterocycles. The molecule has 2 rings (SSSR count). The number of nitrogens with one attached hydrogen (secondary N) is 2. The van der Waals surface area contributed by atoms with Crippen molar-refractivity contribution in [2.24, 2.45) is 0 Å². The van der Waals surface area contributed by atoms with Crippen LogP contribution in [0, 0.1) is 0 Å². The first-order chi connectivity index (χ1) is 8.79. The maximum absolute atomic E-state index is 11.7. The molecule has 2 N–H and O–H groups in total. The number of H-pyrrole nitrogens is 1. The predicted molar refractivity (Wildman–Crippen MR) is 60.7 cm³/mol. The van der Waals surface area contributed by atoms with Gasteiger partial charge in [-0.05, 0) is 6.42 Å². The van der Waals surface area contributed by atoms with Crippen LogP contribution in [0.4, 0.5) is 0 Å². The SMILES string of the molecule is CCCc1nc(C(=O)NCCc2ncon2)n[nH]1. The van der Waals surface area contributed by atoms with Crippen LogP contribution < -0.4 is 5.32 Å². The van der Waals surface area contributed by atoms with Crippen molar-refractivity contribution >= 4 is 5.91 Å². The smallest absolute Gasteiger partial charge is 0.290 e. The van der Waals surface area contributed by atoms with Crippen molar-refractivity contribution in [2.45, 2.75) is 26.2 Å². The highest BCUT2D eigenvalue weighted by Crippen LogP contribution is 1.96. The largest absolute Gasteiger partial charge is 0.349 e. The zero-order chi connectivity index (χ0) is 12.8. The lowest BCUT2D eigenvalue weighted by Gasteiger charge is -1.98. The minimum atomic E-state index is -0.308. The summed E-state index contributed by atoms with van der Waals surface area (Å²) < 4.78 is 4.58. The van der Waals surface area contributed by atoms with E-state index in [2.05, 4.69) is 35.2 Å². The summed E-state index contributed by atoms with van der Waals surface area (Å²) in [6.45, 7) is 2.45. The lowest BCUT2D eigenvalue weighted by atomic mass is 10.3. The molecular weight excluding hydrogens is 236 g/mol. The van der Waals surface area contributed by atoms with E-state index in [4.69, 9.17) is 0 Å². The summed E-state index contributed by atoms with van der Waals surface area (Å²) in [6.07, 6.45) is 3.50. The first-order valence-corrected chi connectivity index (χ1v) is 5.74. The molecule has 0 saturated carbocycles. The van der Waals surface area contributed by atoms with Gasteiger partial charge in [-0.2, -0.15) is 4.98 Å². The van der Waals surface area contributed by atoms with Crippen LogP contribution in [0.2, 0.25) is 0 Å². The second kappa shape index (κ2) is 5.89. The Kier molecular flexibility index (Phi) is 4.00. The second-order valence-electron chi connectivity index (χ2n) is 3.71. The molecular formula is C10H14N6O2. The number of rotatable bonds is 6. The molecule has 0 saturated heterocycles. The van der Waals surface area contributed by atoms with Crippen LogP contribution in [0.3, 0.4) is 0 Å². The van der Waals surface area contributed by atoms with Crippen molar-refractivity contribution in [1.29, 1.82) is 0 Å². The fourth-order valence-corrected chi connectivity index (χ4v) is 1.41. The van der Waals surface area contributed by atoms with E-state index in [0.717, 1.165) is 18.7 Å². The van der Waals surface area contributed by atoms with Crippen molar-refractivity contribution in [3.8, 4) is 0 Å². The Morgan fingerprint density at radius 2 is 2.39 bits per heavy atom. The highest BCUT2D eigenvalue weighted by Gasteiger charge is 2.11. The lowest BCUT2D eigenvalue weighted by Crippen LogP contribution is -2.27. The lowest BCUT2D eigenvalue weighted by molar-refractivity contribution is 0.0944. The minimum absolute atomic E-state index is 0.159. The molecule has 2 aromatic rings. The van der Waals surface area contributed by atoms with Crippen LogP contribution in [0.5, 0.6) is 0 Å². The summed E-state index contributed by atoms with van der Waals surface area (Å²) in [5, 5.41) is 12.9. The molecule has 0 bridgehead atoms. The third-order valence-corrected chi connectivity index (χ3v) is 2.26. The molecule has 0 radical (unpaired) electrons. The fraction of sp³-hybridized carbons (Fsp3) is 0.500. The summed E-state index contributed by atoms with van der Waals surface area (Å²) in [7, 11) is 0. The highest BCUT2D eigenvalue weighted by molar-refractivity contribution is 5.90. The molecule has 1 amide bonds. The second-order valence-corrected chi connectivity index (χ2v) is 3.71. The Bertz CT molecular complexity index is 492. The first kappa shape index (κ1) is 12.2. The molecule has 0 fully saturated rings. The molecule has 8 heteroatoms. The van der Waals surface area contributed by atoms with Gasteiger partial charge in [0, 0.05) is 19.4 Å². The first-order valence-electron chi connectivity index (χ1n) is 5.74. The summed E-state index contributed by atoms with van der Waals surface area (Å²) in [6, 6.07) is 0. The molecule has 0 unspecified atom stereocenters. The molecule has 8 nitrogen and oxygen atoms in total. The Morgan fingerprint density at radius 3 is 3.11 bits per heavy atom. The van der Waals surface area contributed by atoms with Crippen molar-refractivity contribution in [3.63, 3.8) is 0 Å². The maximum Gasteiger partial charge on any atom is 0.290 e. The Hall–Kier alpha value is -2.25. The summed E-state index contributed by atoms with van der Waals surface area (Å²) in [4.78, 5) is 19.6. The molecule has 0 aliphatic heterocycles.